The lowest BCUT2D eigenvalue weighted by Crippen LogP contribution is -2.27. The van der Waals surface area contributed by atoms with Crippen LogP contribution in [-0.4, -0.2) is 39.5 Å². The maximum absolute atomic E-state index is 4.18. The van der Waals surface area contributed by atoms with Crippen molar-refractivity contribution in [2.45, 2.75) is 104 Å². The van der Waals surface area contributed by atoms with Crippen LogP contribution in [-0.2, 0) is 13.5 Å². The smallest absolute Gasteiger partial charge is 0.0827 e. The fourth-order valence-electron chi connectivity index (χ4n) is 3.54. The highest BCUT2D eigenvalue weighted by Crippen LogP contribution is 2.10. The van der Waals surface area contributed by atoms with Crippen LogP contribution >= 0.6 is 0 Å². The van der Waals surface area contributed by atoms with E-state index in [-0.39, 0.29) is 0 Å². The first-order valence-corrected chi connectivity index (χ1v) is 11.3. The molecule has 0 aliphatic carbocycles. The maximum atomic E-state index is 4.18. The molecule has 0 N–H and O–H groups in total. The molecule has 0 fully saturated rings. The molecule has 0 radical (unpaired) electrons. The molecule has 0 unspecified atom stereocenters. The van der Waals surface area contributed by atoms with Crippen LogP contribution in [0.3, 0.4) is 0 Å². The number of aryl methyl sites for hydroxylation is 2. The van der Waals surface area contributed by atoms with Gasteiger partial charge in [-0.15, -0.1) is 5.10 Å². The highest BCUT2D eigenvalue weighted by molar-refractivity contribution is 4.91. The molecule has 4 heteroatoms. The minimum atomic E-state index is 1.07. The minimum Gasteiger partial charge on any atom is -0.303 e. The van der Waals surface area contributed by atoms with Gasteiger partial charge in [-0.25, -0.2) is 0 Å². The average molecular weight is 365 g/mol. The average Bonchev–Trinajstić information content (AvgIpc) is 3.05. The first-order valence-electron chi connectivity index (χ1n) is 11.3. The highest BCUT2D eigenvalue weighted by atomic mass is 15.4. The molecule has 1 rings (SSSR count). The Balaban J connectivity index is 2.14. The topological polar surface area (TPSA) is 34.0 Å². The lowest BCUT2D eigenvalue weighted by atomic mass is 10.1. The lowest BCUT2D eigenvalue weighted by molar-refractivity contribution is 0.254. The SMILES string of the molecule is CCCCCCCN(CCCCCCC)CCCCCc1cn(C)nn1. The van der Waals surface area contributed by atoms with E-state index in [2.05, 4.69) is 29.1 Å². The van der Waals surface area contributed by atoms with E-state index < -0.39 is 0 Å². The molecule has 1 aromatic heterocycles. The van der Waals surface area contributed by atoms with Crippen molar-refractivity contribution in [3.63, 3.8) is 0 Å². The predicted molar refractivity (Wildman–Crippen MR) is 113 cm³/mol. The molecule has 0 saturated carbocycles. The Kier molecular flexibility index (Phi) is 14.5. The summed E-state index contributed by atoms with van der Waals surface area (Å²) in [6, 6.07) is 0. The monoisotopic (exact) mass is 364 g/mol. The van der Waals surface area contributed by atoms with Gasteiger partial charge >= 0.3 is 0 Å². The van der Waals surface area contributed by atoms with Gasteiger partial charge in [-0.2, -0.15) is 0 Å². The molecular formula is C22H44N4. The lowest BCUT2D eigenvalue weighted by Gasteiger charge is -2.22. The number of hydrogen-bond donors (Lipinski definition) is 0. The number of nitrogens with zero attached hydrogens (tertiary/aromatic N) is 4. The molecule has 0 aliphatic rings. The van der Waals surface area contributed by atoms with Gasteiger partial charge in [-0.1, -0.05) is 76.8 Å². The van der Waals surface area contributed by atoms with Crippen LogP contribution in [0.1, 0.15) is 103 Å². The van der Waals surface area contributed by atoms with Crippen molar-refractivity contribution in [3.8, 4) is 0 Å². The van der Waals surface area contributed by atoms with Crippen LogP contribution in [0.15, 0.2) is 6.20 Å². The zero-order valence-corrected chi connectivity index (χ0v) is 17.9. The first-order chi connectivity index (χ1) is 12.8. The van der Waals surface area contributed by atoms with Crippen LogP contribution < -0.4 is 0 Å². The van der Waals surface area contributed by atoms with E-state index in [0.29, 0.717) is 0 Å². The van der Waals surface area contributed by atoms with Gasteiger partial charge in [-0.05, 0) is 51.7 Å². The predicted octanol–water partition coefficient (Wildman–Crippen LogP) is 5.77. The van der Waals surface area contributed by atoms with E-state index in [1.54, 1.807) is 4.68 Å². The van der Waals surface area contributed by atoms with Crippen LogP contribution in [0.25, 0.3) is 0 Å². The van der Waals surface area contributed by atoms with Gasteiger partial charge in [0, 0.05) is 13.2 Å². The number of unbranched alkanes of at least 4 members (excludes halogenated alkanes) is 10. The van der Waals surface area contributed by atoms with Gasteiger partial charge in [0.1, 0.15) is 0 Å². The Labute approximate surface area is 162 Å². The number of rotatable bonds is 18. The van der Waals surface area contributed by atoms with Gasteiger partial charge in [0.25, 0.3) is 0 Å². The largest absolute Gasteiger partial charge is 0.303 e. The Bertz CT molecular complexity index is 402. The second-order valence-electron chi connectivity index (χ2n) is 7.86. The van der Waals surface area contributed by atoms with E-state index in [9.17, 15) is 0 Å². The molecule has 152 valence electrons. The normalized spacial score (nSPS) is 11.5. The quantitative estimate of drug-likeness (QED) is 0.310. The van der Waals surface area contributed by atoms with E-state index >= 15 is 0 Å². The standard InChI is InChI=1S/C22H44N4/c1-4-6-8-10-14-18-26(19-15-11-9-7-5-2)20-16-12-13-17-22-21-25(3)24-23-22/h21H,4-20H2,1-3H3. The molecule has 0 saturated heterocycles. The third-order valence-corrected chi connectivity index (χ3v) is 5.21. The van der Waals surface area contributed by atoms with Crippen molar-refractivity contribution < 1.29 is 0 Å². The summed E-state index contributed by atoms with van der Waals surface area (Å²) in [5.74, 6) is 0. The van der Waals surface area contributed by atoms with Crippen molar-refractivity contribution in [1.82, 2.24) is 19.9 Å². The van der Waals surface area contributed by atoms with Crippen LogP contribution in [0, 0.1) is 0 Å². The van der Waals surface area contributed by atoms with E-state index in [0.717, 1.165) is 12.1 Å². The van der Waals surface area contributed by atoms with E-state index in [4.69, 9.17) is 0 Å². The van der Waals surface area contributed by atoms with Crippen molar-refractivity contribution in [1.29, 1.82) is 0 Å². The summed E-state index contributed by atoms with van der Waals surface area (Å²) in [5, 5.41) is 8.19. The molecule has 1 heterocycles. The third-order valence-electron chi connectivity index (χ3n) is 5.21. The van der Waals surface area contributed by atoms with Gasteiger partial charge in [0.15, 0.2) is 0 Å². The maximum Gasteiger partial charge on any atom is 0.0827 e. The first kappa shape index (κ1) is 23.1. The molecule has 0 bridgehead atoms. The summed E-state index contributed by atoms with van der Waals surface area (Å²) in [7, 11) is 1.94. The fraction of sp³-hybridized carbons (Fsp3) is 0.909. The van der Waals surface area contributed by atoms with Crippen molar-refractivity contribution in [3.05, 3.63) is 11.9 Å². The van der Waals surface area contributed by atoms with Crippen molar-refractivity contribution >= 4 is 0 Å². The fourth-order valence-corrected chi connectivity index (χ4v) is 3.54. The molecule has 0 aliphatic heterocycles. The highest BCUT2D eigenvalue weighted by Gasteiger charge is 2.05. The van der Waals surface area contributed by atoms with Crippen LogP contribution in [0.2, 0.25) is 0 Å². The number of hydrogen-bond acceptors (Lipinski definition) is 3. The number of aromatic nitrogens is 3. The Morgan fingerprint density at radius 2 is 1.23 bits per heavy atom. The molecule has 0 aromatic carbocycles. The zero-order valence-electron chi connectivity index (χ0n) is 17.9. The summed E-state index contributed by atoms with van der Waals surface area (Å²) in [6.45, 7) is 8.48. The summed E-state index contributed by atoms with van der Waals surface area (Å²) in [4.78, 5) is 2.74. The Hall–Kier alpha value is -0.900. The second-order valence-corrected chi connectivity index (χ2v) is 7.86. The van der Waals surface area contributed by atoms with Crippen LogP contribution in [0.4, 0.5) is 0 Å². The van der Waals surface area contributed by atoms with Crippen molar-refractivity contribution in [2.75, 3.05) is 19.6 Å². The summed E-state index contributed by atoms with van der Waals surface area (Å²) in [6.07, 6.45) is 20.9. The van der Waals surface area contributed by atoms with Gasteiger partial charge in [0.2, 0.25) is 0 Å². The second kappa shape index (κ2) is 16.3. The molecule has 26 heavy (non-hydrogen) atoms. The Morgan fingerprint density at radius 3 is 1.69 bits per heavy atom. The summed E-state index contributed by atoms with van der Waals surface area (Å²) < 4.78 is 1.80. The van der Waals surface area contributed by atoms with Gasteiger partial charge in [0.05, 0.1) is 5.69 Å². The zero-order chi connectivity index (χ0) is 18.9. The molecular weight excluding hydrogens is 320 g/mol. The molecule has 0 amide bonds. The van der Waals surface area contributed by atoms with E-state index in [1.807, 2.05) is 13.2 Å². The molecule has 0 atom stereocenters. The van der Waals surface area contributed by atoms with Gasteiger partial charge < -0.3 is 4.90 Å². The third kappa shape index (κ3) is 12.5. The Morgan fingerprint density at radius 1 is 0.731 bits per heavy atom. The minimum absolute atomic E-state index is 1.07. The van der Waals surface area contributed by atoms with Gasteiger partial charge in [-0.3, -0.25) is 4.68 Å². The van der Waals surface area contributed by atoms with E-state index in [1.165, 1.54) is 103 Å². The molecule has 0 spiro atoms. The van der Waals surface area contributed by atoms with Crippen LogP contribution in [0.5, 0.6) is 0 Å². The summed E-state index contributed by atoms with van der Waals surface area (Å²) in [5.41, 5.74) is 1.14. The van der Waals surface area contributed by atoms with Crippen molar-refractivity contribution in [2.24, 2.45) is 7.05 Å². The summed E-state index contributed by atoms with van der Waals surface area (Å²) >= 11 is 0. The molecule has 1 aromatic rings. The molecule has 4 nitrogen and oxygen atoms in total.